The van der Waals surface area contributed by atoms with Gasteiger partial charge in [0.2, 0.25) is 0 Å². The minimum atomic E-state index is 1.01. The first kappa shape index (κ1) is 7.13. The van der Waals surface area contributed by atoms with E-state index < -0.39 is 0 Å². The van der Waals surface area contributed by atoms with E-state index in [2.05, 4.69) is 12.7 Å². The number of hydrogen-bond donors (Lipinski definition) is 0. The molecule has 0 atom stereocenters. The minimum absolute atomic E-state index is 1.01. The van der Waals surface area contributed by atoms with Gasteiger partial charge in [-0.1, -0.05) is 18.7 Å². The summed E-state index contributed by atoms with van der Waals surface area (Å²) in [6.45, 7) is 3.70. The highest BCUT2D eigenvalue weighted by atomic mass is 16.5. The molecular formula is C9H12O. The molecule has 1 aliphatic carbocycles. The molecule has 0 saturated carbocycles. The molecule has 0 bridgehead atoms. The van der Waals surface area contributed by atoms with Crippen LogP contribution in [-0.4, -0.2) is 7.11 Å². The fraction of sp³-hybridized carbons (Fsp3) is 0.333. The van der Waals surface area contributed by atoms with Gasteiger partial charge in [0, 0.05) is 6.42 Å². The van der Waals surface area contributed by atoms with Gasteiger partial charge < -0.3 is 4.74 Å². The van der Waals surface area contributed by atoms with Gasteiger partial charge in [0.05, 0.1) is 12.9 Å². The average molecular weight is 136 g/mol. The van der Waals surface area contributed by atoms with Crippen LogP contribution in [0.4, 0.5) is 0 Å². The second-order valence-corrected chi connectivity index (χ2v) is 2.28. The van der Waals surface area contributed by atoms with E-state index in [0.29, 0.717) is 0 Å². The van der Waals surface area contributed by atoms with E-state index >= 15 is 0 Å². The lowest BCUT2D eigenvalue weighted by atomic mass is 10.0. The zero-order valence-electron chi connectivity index (χ0n) is 6.26. The molecule has 0 saturated heterocycles. The van der Waals surface area contributed by atoms with Crippen LogP contribution >= 0.6 is 0 Å². The Morgan fingerprint density at radius 1 is 1.50 bits per heavy atom. The zero-order chi connectivity index (χ0) is 7.40. The molecule has 0 unspecified atom stereocenters. The molecule has 0 fully saturated rings. The molecule has 1 aliphatic rings. The minimum Gasteiger partial charge on any atom is -0.501 e. The number of allylic oxidation sites excluding steroid dienone is 5. The van der Waals surface area contributed by atoms with Gasteiger partial charge in [0.25, 0.3) is 0 Å². The first-order valence-electron chi connectivity index (χ1n) is 3.43. The molecule has 0 radical (unpaired) electrons. The van der Waals surface area contributed by atoms with Crippen molar-refractivity contribution in [2.45, 2.75) is 12.8 Å². The van der Waals surface area contributed by atoms with Gasteiger partial charge in [0.15, 0.2) is 0 Å². The Morgan fingerprint density at radius 3 is 2.70 bits per heavy atom. The van der Waals surface area contributed by atoms with Crippen molar-refractivity contribution in [3.63, 3.8) is 0 Å². The summed E-state index contributed by atoms with van der Waals surface area (Å²) >= 11 is 0. The monoisotopic (exact) mass is 136 g/mol. The lowest BCUT2D eigenvalue weighted by molar-refractivity contribution is 0.276. The highest BCUT2D eigenvalue weighted by Gasteiger charge is 2.02. The van der Waals surface area contributed by atoms with Crippen molar-refractivity contribution in [1.82, 2.24) is 0 Å². The summed E-state index contributed by atoms with van der Waals surface area (Å²) in [5.41, 5.74) is 1.29. The number of methoxy groups -OCH3 is 1. The molecule has 0 aliphatic heterocycles. The third kappa shape index (κ3) is 1.50. The Balaban J connectivity index is 2.64. The van der Waals surface area contributed by atoms with Gasteiger partial charge in [-0.05, 0) is 18.1 Å². The van der Waals surface area contributed by atoms with Gasteiger partial charge >= 0.3 is 0 Å². The topological polar surface area (TPSA) is 9.23 Å². The molecule has 0 N–H and O–H groups in total. The molecule has 0 aromatic heterocycles. The smallest absolute Gasteiger partial charge is 0.0958 e. The van der Waals surface area contributed by atoms with E-state index in [4.69, 9.17) is 4.74 Å². The summed E-state index contributed by atoms with van der Waals surface area (Å²) in [6, 6.07) is 0. The van der Waals surface area contributed by atoms with E-state index in [0.717, 1.165) is 18.6 Å². The molecular weight excluding hydrogens is 124 g/mol. The van der Waals surface area contributed by atoms with Gasteiger partial charge in [0.1, 0.15) is 0 Å². The summed E-state index contributed by atoms with van der Waals surface area (Å²) in [4.78, 5) is 0. The van der Waals surface area contributed by atoms with Crippen LogP contribution in [0.15, 0.2) is 36.1 Å². The quantitative estimate of drug-likeness (QED) is 0.566. The second kappa shape index (κ2) is 3.25. The number of rotatable bonds is 2. The molecule has 1 nitrogen and oxygen atoms in total. The molecule has 0 heterocycles. The van der Waals surface area contributed by atoms with Crippen molar-refractivity contribution in [3.8, 4) is 0 Å². The fourth-order valence-electron chi connectivity index (χ4n) is 0.974. The van der Waals surface area contributed by atoms with Gasteiger partial charge in [-0.25, -0.2) is 0 Å². The maximum absolute atomic E-state index is 5.07. The van der Waals surface area contributed by atoms with Gasteiger partial charge in [-0.2, -0.15) is 0 Å². The number of hydrogen-bond acceptors (Lipinski definition) is 1. The molecule has 0 spiro atoms. The highest BCUT2D eigenvalue weighted by Crippen LogP contribution is 2.18. The molecule has 10 heavy (non-hydrogen) atoms. The zero-order valence-corrected chi connectivity index (χ0v) is 6.26. The molecule has 0 aromatic rings. The Morgan fingerprint density at radius 2 is 2.30 bits per heavy atom. The van der Waals surface area contributed by atoms with Crippen molar-refractivity contribution in [2.24, 2.45) is 0 Å². The van der Waals surface area contributed by atoms with Crippen LogP contribution in [0.5, 0.6) is 0 Å². The summed E-state index contributed by atoms with van der Waals surface area (Å²) in [7, 11) is 1.71. The predicted octanol–water partition coefficient (Wildman–Crippen LogP) is 2.42. The van der Waals surface area contributed by atoms with Crippen LogP contribution in [-0.2, 0) is 4.74 Å². The first-order valence-corrected chi connectivity index (χ1v) is 3.43. The molecule has 0 amide bonds. The standard InChI is InChI=1S/C9H12O/c1-3-8-4-6-9(10-2)7-5-8/h3-4,6H,1,5,7H2,2H3. The molecule has 54 valence electrons. The molecule has 1 heteroatoms. The summed E-state index contributed by atoms with van der Waals surface area (Å²) < 4.78 is 5.07. The Labute approximate surface area is 61.7 Å². The Hall–Kier alpha value is -0.980. The third-order valence-corrected chi connectivity index (χ3v) is 1.67. The normalized spacial score (nSPS) is 17.3. The molecule has 1 rings (SSSR count). The van der Waals surface area contributed by atoms with Crippen LogP contribution in [0.25, 0.3) is 0 Å². The van der Waals surface area contributed by atoms with Crippen molar-refractivity contribution < 1.29 is 4.74 Å². The average Bonchev–Trinajstić information content (AvgIpc) is 2.05. The van der Waals surface area contributed by atoms with E-state index in [1.807, 2.05) is 12.2 Å². The van der Waals surface area contributed by atoms with Crippen LogP contribution in [0.1, 0.15) is 12.8 Å². The summed E-state index contributed by atoms with van der Waals surface area (Å²) in [5, 5.41) is 0. The largest absolute Gasteiger partial charge is 0.501 e. The van der Waals surface area contributed by atoms with E-state index in [1.165, 1.54) is 5.57 Å². The predicted molar refractivity (Wildman–Crippen MR) is 42.6 cm³/mol. The maximum atomic E-state index is 5.07. The SMILES string of the molecule is C=CC1=CC=C(OC)CC1. The molecule has 0 aromatic carbocycles. The van der Waals surface area contributed by atoms with Gasteiger partial charge in [-0.3, -0.25) is 0 Å². The Bertz CT molecular complexity index is 187. The van der Waals surface area contributed by atoms with Crippen molar-refractivity contribution in [1.29, 1.82) is 0 Å². The first-order chi connectivity index (χ1) is 4.86. The summed E-state index contributed by atoms with van der Waals surface area (Å²) in [6.07, 6.45) is 8.01. The van der Waals surface area contributed by atoms with Crippen molar-refractivity contribution in [3.05, 3.63) is 36.1 Å². The maximum Gasteiger partial charge on any atom is 0.0958 e. The summed E-state index contributed by atoms with van der Waals surface area (Å²) in [5.74, 6) is 1.06. The lowest BCUT2D eigenvalue weighted by Gasteiger charge is -2.09. The van der Waals surface area contributed by atoms with Gasteiger partial charge in [-0.15, -0.1) is 0 Å². The van der Waals surface area contributed by atoms with E-state index in [-0.39, 0.29) is 0 Å². The van der Waals surface area contributed by atoms with Crippen LogP contribution in [0.2, 0.25) is 0 Å². The lowest BCUT2D eigenvalue weighted by Crippen LogP contribution is -1.92. The second-order valence-electron chi connectivity index (χ2n) is 2.28. The van der Waals surface area contributed by atoms with Crippen LogP contribution in [0, 0.1) is 0 Å². The van der Waals surface area contributed by atoms with E-state index in [9.17, 15) is 0 Å². The highest BCUT2D eigenvalue weighted by molar-refractivity contribution is 5.27. The fourth-order valence-corrected chi connectivity index (χ4v) is 0.974. The van der Waals surface area contributed by atoms with E-state index in [1.54, 1.807) is 7.11 Å². The van der Waals surface area contributed by atoms with Crippen molar-refractivity contribution >= 4 is 0 Å². The van der Waals surface area contributed by atoms with Crippen LogP contribution < -0.4 is 0 Å². The number of ether oxygens (including phenoxy) is 1. The third-order valence-electron chi connectivity index (χ3n) is 1.67. The van der Waals surface area contributed by atoms with Crippen LogP contribution in [0.3, 0.4) is 0 Å². The Kier molecular flexibility index (Phi) is 2.32. The van der Waals surface area contributed by atoms with Crippen molar-refractivity contribution in [2.75, 3.05) is 7.11 Å².